The molecule has 0 aliphatic carbocycles. The van der Waals surface area contributed by atoms with E-state index in [1.807, 2.05) is 11.8 Å². The summed E-state index contributed by atoms with van der Waals surface area (Å²) in [5.74, 6) is 1.52. The summed E-state index contributed by atoms with van der Waals surface area (Å²) < 4.78 is 6.64. The highest BCUT2D eigenvalue weighted by atomic mass is 32.2. The third-order valence-electron chi connectivity index (χ3n) is 9.92. The fourth-order valence-corrected chi connectivity index (χ4v) is 8.55. The van der Waals surface area contributed by atoms with E-state index in [0.717, 1.165) is 17.1 Å². The van der Waals surface area contributed by atoms with Crippen LogP contribution >= 0.6 is 11.8 Å². The molecule has 0 N–H and O–H groups in total. The maximum Gasteiger partial charge on any atom is 0.290 e. The Balaban J connectivity index is 1.39. The lowest BCUT2D eigenvalue weighted by atomic mass is 9.33. The van der Waals surface area contributed by atoms with Crippen LogP contribution in [0.1, 0.15) is 88.0 Å². The van der Waals surface area contributed by atoms with E-state index in [0.29, 0.717) is 5.92 Å². The molecule has 0 unspecified atom stereocenters. The number of benzene rings is 4. The summed E-state index contributed by atoms with van der Waals surface area (Å²) in [6.07, 6.45) is 0. The molecule has 0 amide bonds. The lowest BCUT2D eigenvalue weighted by Crippen LogP contribution is -2.62. The van der Waals surface area contributed by atoms with Crippen molar-refractivity contribution in [3.63, 3.8) is 0 Å². The second-order valence-electron chi connectivity index (χ2n) is 14.5. The highest BCUT2D eigenvalue weighted by molar-refractivity contribution is 8.00. The Bertz CT molecular complexity index is 1890. The first kappa shape index (κ1) is 29.1. The molecule has 222 valence electrons. The van der Waals surface area contributed by atoms with Gasteiger partial charge in [0, 0.05) is 32.3 Å². The van der Waals surface area contributed by atoms with Gasteiger partial charge in [-0.2, -0.15) is 0 Å². The molecule has 0 bridgehead atoms. The quantitative estimate of drug-likeness (QED) is 0.189. The molecule has 3 heterocycles. The second kappa shape index (κ2) is 10.2. The zero-order valence-electron chi connectivity index (χ0n) is 27.5. The first-order valence-electron chi connectivity index (χ1n) is 15.9. The number of rotatable bonds is 4. The average Bonchev–Trinajstić information content (AvgIpc) is 3.29. The van der Waals surface area contributed by atoms with Crippen molar-refractivity contribution >= 4 is 52.1 Å². The molecule has 2 aliphatic heterocycles. The van der Waals surface area contributed by atoms with Gasteiger partial charge < -0.3 is 9.32 Å². The van der Waals surface area contributed by atoms with E-state index in [1.165, 1.54) is 59.9 Å². The zero-order valence-corrected chi connectivity index (χ0v) is 28.3. The number of anilines is 3. The summed E-state index contributed by atoms with van der Waals surface area (Å²) >= 11 is 1.90. The molecule has 4 aromatic carbocycles. The van der Waals surface area contributed by atoms with Gasteiger partial charge in [-0.15, -0.1) is 0 Å². The number of hydrogen-bond acceptors (Lipinski definition) is 3. The molecule has 2 nitrogen and oxygen atoms in total. The number of nitrogens with zero attached hydrogens (tertiary/aromatic N) is 1. The Hall–Kier alpha value is -3.63. The summed E-state index contributed by atoms with van der Waals surface area (Å²) in [6.45, 7) is 20.5. The lowest BCUT2D eigenvalue weighted by Gasteiger charge is -2.39. The standard InChI is InChI=1S/C40H42BNOS/c1-24(2)27-13-17-29(18-14-27)42(30-19-15-28(16-20-30)39(5,6)7)31-21-22-33-35(23-31)44-34-12-10-11-32-37(34)41(33)38-36(40(32,8)9)25(3)26(4)43-38/h10-24H,1-9H3. The zero-order chi connectivity index (χ0) is 31.1. The summed E-state index contributed by atoms with van der Waals surface area (Å²) in [7, 11) is 0. The van der Waals surface area contributed by atoms with Crippen molar-refractivity contribution in [3.05, 3.63) is 119 Å². The number of aryl methyl sites for hydroxylation is 1. The van der Waals surface area contributed by atoms with Gasteiger partial charge in [-0.25, -0.2) is 0 Å². The first-order valence-corrected chi connectivity index (χ1v) is 16.7. The first-order chi connectivity index (χ1) is 20.9. The van der Waals surface area contributed by atoms with Crippen molar-refractivity contribution < 1.29 is 4.42 Å². The Morgan fingerprint density at radius 2 is 1.43 bits per heavy atom. The number of hydrogen-bond donors (Lipinski definition) is 0. The molecule has 0 saturated heterocycles. The molecule has 0 saturated carbocycles. The summed E-state index contributed by atoms with van der Waals surface area (Å²) in [5.41, 5.74) is 14.1. The summed E-state index contributed by atoms with van der Waals surface area (Å²) in [5, 5.41) is 0. The van der Waals surface area contributed by atoms with E-state index in [1.54, 1.807) is 0 Å². The van der Waals surface area contributed by atoms with Crippen LogP contribution in [-0.2, 0) is 10.8 Å². The third-order valence-corrected chi connectivity index (χ3v) is 11.1. The molecule has 0 atom stereocenters. The van der Waals surface area contributed by atoms with Gasteiger partial charge in [-0.05, 0) is 101 Å². The summed E-state index contributed by atoms with van der Waals surface area (Å²) in [6, 6.07) is 32.1. The maximum absolute atomic E-state index is 6.64. The van der Waals surface area contributed by atoms with Crippen LogP contribution in [0.5, 0.6) is 0 Å². The van der Waals surface area contributed by atoms with E-state index in [-0.39, 0.29) is 17.5 Å². The molecule has 0 radical (unpaired) electrons. The van der Waals surface area contributed by atoms with E-state index in [4.69, 9.17) is 4.42 Å². The molecule has 0 fully saturated rings. The molecular formula is C40H42BNOS. The summed E-state index contributed by atoms with van der Waals surface area (Å²) in [4.78, 5) is 5.04. The topological polar surface area (TPSA) is 16.4 Å². The third kappa shape index (κ3) is 4.48. The Morgan fingerprint density at radius 1 is 0.795 bits per heavy atom. The molecular weight excluding hydrogens is 553 g/mol. The van der Waals surface area contributed by atoms with E-state index >= 15 is 0 Å². The molecule has 5 aromatic rings. The molecule has 4 heteroatoms. The highest BCUT2D eigenvalue weighted by Gasteiger charge is 2.47. The highest BCUT2D eigenvalue weighted by Crippen LogP contribution is 2.44. The molecule has 44 heavy (non-hydrogen) atoms. The van der Waals surface area contributed by atoms with Gasteiger partial charge in [0.1, 0.15) is 5.76 Å². The van der Waals surface area contributed by atoms with Crippen LogP contribution in [0.15, 0.2) is 99.1 Å². The van der Waals surface area contributed by atoms with Gasteiger partial charge in [0.2, 0.25) is 0 Å². The molecule has 2 aliphatic rings. The SMILES string of the molecule is Cc1oc2c(c1C)C(C)(C)c1cccc3c1B2c1ccc(N(c2ccc(C(C)C)cc2)c2ccc(C(C)(C)C)cc2)cc1S3. The minimum absolute atomic E-state index is 0.102. The van der Waals surface area contributed by atoms with Crippen LogP contribution in [-0.4, -0.2) is 6.71 Å². The monoisotopic (exact) mass is 595 g/mol. The smallest absolute Gasteiger partial charge is 0.290 e. The van der Waals surface area contributed by atoms with Gasteiger partial charge in [-0.1, -0.05) is 108 Å². The Morgan fingerprint density at radius 3 is 2.07 bits per heavy atom. The fourth-order valence-electron chi connectivity index (χ4n) is 7.35. The lowest BCUT2D eigenvalue weighted by molar-refractivity contribution is 0.552. The van der Waals surface area contributed by atoms with E-state index in [9.17, 15) is 0 Å². The van der Waals surface area contributed by atoms with Crippen molar-refractivity contribution in [3.8, 4) is 0 Å². The van der Waals surface area contributed by atoms with Crippen LogP contribution in [0.4, 0.5) is 17.1 Å². The van der Waals surface area contributed by atoms with Gasteiger partial charge in [-0.3, -0.25) is 0 Å². The van der Waals surface area contributed by atoms with Crippen LogP contribution in [0.25, 0.3) is 0 Å². The van der Waals surface area contributed by atoms with Crippen molar-refractivity contribution in [1.29, 1.82) is 0 Å². The van der Waals surface area contributed by atoms with Gasteiger partial charge in [0.05, 0.1) is 5.66 Å². The number of furan rings is 1. The van der Waals surface area contributed by atoms with Gasteiger partial charge in [0.15, 0.2) is 0 Å². The van der Waals surface area contributed by atoms with E-state index in [2.05, 4.69) is 152 Å². The molecule has 1 aromatic heterocycles. The van der Waals surface area contributed by atoms with Crippen LogP contribution in [0.2, 0.25) is 0 Å². The predicted octanol–water partition coefficient (Wildman–Crippen LogP) is 9.41. The van der Waals surface area contributed by atoms with Crippen molar-refractivity contribution in [1.82, 2.24) is 0 Å². The van der Waals surface area contributed by atoms with Gasteiger partial charge in [0.25, 0.3) is 6.71 Å². The predicted molar refractivity (Wildman–Crippen MR) is 189 cm³/mol. The minimum Gasteiger partial charge on any atom is -0.475 e. The van der Waals surface area contributed by atoms with Crippen LogP contribution < -0.4 is 21.5 Å². The molecule has 7 rings (SSSR count). The average molecular weight is 596 g/mol. The largest absolute Gasteiger partial charge is 0.475 e. The number of fused-ring (bicyclic) bond motifs is 4. The Labute approximate surface area is 268 Å². The minimum atomic E-state index is -0.102. The van der Waals surface area contributed by atoms with Crippen molar-refractivity contribution in [2.24, 2.45) is 0 Å². The van der Waals surface area contributed by atoms with E-state index < -0.39 is 0 Å². The normalized spacial score (nSPS) is 14.7. The van der Waals surface area contributed by atoms with Crippen molar-refractivity contribution in [2.75, 3.05) is 4.90 Å². The molecule has 0 spiro atoms. The van der Waals surface area contributed by atoms with Gasteiger partial charge >= 0.3 is 0 Å². The maximum atomic E-state index is 6.64. The van der Waals surface area contributed by atoms with Crippen LogP contribution in [0.3, 0.4) is 0 Å². The fraction of sp³-hybridized carbons (Fsp3) is 0.300. The second-order valence-corrected chi connectivity index (χ2v) is 15.6. The van der Waals surface area contributed by atoms with Crippen LogP contribution in [0, 0.1) is 13.8 Å². The van der Waals surface area contributed by atoms with Crippen molar-refractivity contribution in [2.45, 2.75) is 88.9 Å². The Kier molecular flexibility index (Phi) is 6.75.